The van der Waals surface area contributed by atoms with Gasteiger partial charge in [-0.1, -0.05) is 6.58 Å². The van der Waals surface area contributed by atoms with Gasteiger partial charge in [0.05, 0.1) is 18.3 Å². The molecule has 5 heteroatoms. The van der Waals surface area contributed by atoms with E-state index >= 15 is 0 Å². The highest BCUT2D eigenvalue weighted by atomic mass is 16.6. The third-order valence-corrected chi connectivity index (χ3v) is 1.85. The van der Waals surface area contributed by atoms with E-state index in [9.17, 15) is 4.79 Å². The first kappa shape index (κ1) is 14.1. The Balaban J connectivity index is 3.92. The number of carbonyl (C=O) groups excluding carboxylic acids is 1. The summed E-state index contributed by atoms with van der Waals surface area (Å²) in [5.74, 6) is -0.622. The Morgan fingerprint density at radius 2 is 2.00 bits per heavy atom. The van der Waals surface area contributed by atoms with Crippen LogP contribution in [-0.2, 0) is 19.0 Å². The number of rotatable bonds is 7. The van der Waals surface area contributed by atoms with E-state index in [-0.39, 0.29) is 18.3 Å². The summed E-state index contributed by atoms with van der Waals surface area (Å²) in [6.07, 6.45) is -1.21. The molecule has 0 aliphatic carbocycles. The van der Waals surface area contributed by atoms with E-state index < -0.39 is 12.1 Å². The second-order valence-corrected chi connectivity index (χ2v) is 3.11. The molecular weight excluding hydrogens is 200 g/mol. The molecule has 5 nitrogen and oxygen atoms in total. The maximum atomic E-state index is 11.2. The van der Waals surface area contributed by atoms with Gasteiger partial charge in [0.15, 0.2) is 0 Å². The van der Waals surface area contributed by atoms with Gasteiger partial charge in [0.25, 0.3) is 0 Å². The Kier molecular flexibility index (Phi) is 6.94. The zero-order chi connectivity index (χ0) is 11.8. The maximum Gasteiger partial charge on any atom is 0.336 e. The number of aliphatic hydroxyl groups is 1. The molecule has 1 N–H and O–H groups in total. The molecule has 0 saturated heterocycles. The molecule has 0 rings (SSSR count). The van der Waals surface area contributed by atoms with Gasteiger partial charge in [0.2, 0.25) is 0 Å². The molecule has 0 aliphatic heterocycles. The van der Waals surface area contributed by atoms with Gasteiger partial charge in [-0.3, -0.25) is 0 Å². The molecule has 15 heavy (non-hydrogen) atoms. The Morgan fingerprint density at radius 3 is 2.40 bits per heavy atom. The molecule has 0 aromatic rings. The van der Waals surface area contributed by atoms with Gasteiger partial charge in [0.1, 0.15) is 12.7 Å². The van der Waals surface area contributed by atoms with E-state index in [0.717, 1.165) is 0 Å². The fourth-order valence-electron chi connectivity index (χ4n) is 0.802. The first-order valence-electron chi connectivity index (χ1n) is 4.58. The zero-order valence-electron chi connectivity index (χ0n) is 9.36. The van der Waals surface area contributed by atoms with E-state index in [1.54, 1.807) is 0 Å². The highest BCUT2D eigenvalue weighted by Crippen LogP contribution is 2.02. The quantitative estimate of drug-likeness (QED) is 0.486. The predicted octanol–water partition coefficient (Wildman–Crippen LogP) is 0.128. The lowest BCUT2D eigenvalue weighted by atomic mass is 10.2. The molecule has 2 atom stereocenters. The summed E-state index contributed by atoms with van der Waals surface area (Å²) < 4.78 is 14.7. The second-order valence-electron chi connectivity index (χ2n) is 3.11. The predicted molar refractivity (Wildman–Crippen MR) is 54.5 cm³/mol. The van der Waals surface area contributed by atoms with Crippen LogP contribution in [0.2, 0.25) is 0 Å². The van der Waals surface area contributed by atoms with Crippen molar-refractivity contribution in [2.75, 3.05) is 27.4 Å². The van der Waals surface area contributed by atoms with Crippen molar-refractivity contribution in [1.29, 1.82) is 0 Å². The van der Waals surface area contributed by atoms with E-state index in [4.69, 9.17) is 19.3 Å². The molecule has 0 radical (unpaired) electrons. The van der Waals surface area contributed by atoms with Crippen molar-refractivity contribution in [3.05, 3.63) is 12.2 Å². The average Bonchev–Trinajstić information content (AvgIpc) is 2.22. The molecule has 88 valence electrons. The van der Waals surface area contributed by atoms with Crippen LogP contribution in [0.5, 0.6) is 0 Å². The first-order valence-corrected chi connectivity index (χ1v) is 4.58. The van der Waals surface area contributed by atoms with Crippen LogP contribution in [0.15, 0.2) is 12.2 Å². The summed E-state index contributed by atoms with van der Waals surface area (Å²) in [5, 5.41) is 9.06. The van der Waals surface area contributed by atoms with Crippen molar-refractivity contribution in [1.82, 2.24) is 0 Å². The van der Waals surface area contributed by atoms with Crippen molar-refractivity contribution >= 4 is 5.97 Å². The number of methoxy groups -OCH3 is 2. The average molecular weight is 218 g/mol. The molecule has 0 fully saturated rings. The first-order chi connectivity index (χ1) is 7.02. The van der Waals surface area contributed by atoms with Crippen LogP contribution < -0.4 is 0 Å². The lowest BCUT2D eigenvalue weighted by Gasteiger charge is -2.15. The molecular formula is C10H18O5. The zero-order valence-corrected chi connectivity index (χ0v) is 9.36. The molecule has 0 saturated carbocycles. The highest BCUT2D eigenvalue weighted by molar-refractivity contribution is 5.88. The molecule has 0 bridgehead atoms. The van der Waals surface area contributed by atoms with E-state index in [1.807, 2.05) is 0 Å². The van der Waals surface area contributed by atoms with Crippen LogP contribution in [-0.4, -0.2) is 50.7 Å². The Labute approximate surface area is 89.6 Å². The fraction of sp³-hybridized carbons (Fsp3) is 0.700. The maximum absolute atomic E-state index is 11.2. The minimum atomic E-state index is -0.902. The monoisotopic (exact) mass is 218 g/mol. The number of carbonyl (C=O) groups is 1. The Morgan fingerprint density at radius 1 is 1.40 bits per heavy atom. The normalized spacial score (nSPS) is 14.4. The van der Waals surface area contributed by atoms with Gasteiger partial charge in [-0.05, 0) is 6.92 Å². The van der Waals surface area contributed by atoms with Crippen LogP contribution in [0, 0.1) is 0 Å². The summed E-state index contributed by atoms with van der Waals surface area (Å²) in [4.78, 5) is 11.2. The standard InChI is InChI=1S/C10H18O5/c1-7(8(2)11)10(12)15-6-9(14-4)5-13-3/h8-9,11H,1,5-6H2,2-4H3. The van der Waals surface area contributed by atoms with Crippen LogP contribution in [0.1, 0.15) is 6.92 Å². The minimum absolute atomic E-state index is 0.0299. The van der Waals surface area contributed by atoms with Gasteiger partial charge in [-0.25, -0.2) is 4.79 Å². The lowest BCUT2D eigenvalue weighted by Crippen LogP contribution is -2.27. The summed E-state index contributed by atoms with van der Waals surface area (Å²) in [7, 11) is 3.03. The van der Waals surface area contributed by atoms with Crippen LogP contribution in [0.25, 0.3) is 0 Å². The third kappa shape index (κ3) is 5.51. The van der Waals surface area contributed by atoms with Gasteiger partial charge < -0.3 is 19.3 Å². The van der Waals surface area contributed by atoms with Crippen molar-refractivity contribution in [3.8, 4) is 0 Å². The van der Waals surface area contributed by atoms with Crippen molar-refractivity contribution < 1.29 is 24.1 Å². The molecule has 0 spiro atoms. The SMILES string of the molecule is C=C(C(=O)OCC(COC)OC)C(C)O. The largest absolute Gasteiger partial charge is 0.459 e. The van der Waals surface area contributed by atoms with Crippen molar-refractivity contribution in [2.45, 2.75) is 19.1 Å². The highest BCUT2D eigenvalue weighted by Gasteiger charge is 2.16. The number of aliphatic hydroxyl groups excluding tert-OH is 1. The topological polar surface area (TPSA) is 65.0 Å². The van der Waals surface area contributed by atoms with Crippen LogP contribution in [0.3, 0.4) is 0 Å². The summed E-state index contributed by atoms with van der Waals surface area (Å²) in [6, 6.07) is 0. The van der Waals surface area contributed by atoms with E-state index in [0.29, 0.717) is 6.61 Å². The molecule has 2 unspecified atom stereocenters. The summed E-state index contributed by atoms with van der Waals surface area (Å²) in [6.45, 7) is 5.27. The lowest BCUT2D eigenvalue weighted by molar-refractivity contribution is -0.144. The third-order valence-electron chi connectivity index (χ3n) is 1.85. The number of hydrogen-bond acceptors (Lipinski definition) is 5. The second kappa shape index (κ2) is 7.39. The van der Waals surface area contributed by atoms with Gasteiger partial charge >= 0.3 is 5.97 Å². The van der Waals surface area contributed by atoms with E-state index in [2.05, 4.69) is 6.58 Å². The molecule has 0 aromatic carbocycles. The Bertz CT molecular complexity index is 212. The summed E-state index contributed by atoms with van der Waals surface area (Å²) >= 11 is 0. The van der Waals surface area contributed by atoms with Crippen molar-refractivity contribution in [2.24, 2.45) is 0 Å². The molecule has 0 aliphatic rings. The van der Waals surface area contributed by atoms with Gasteiger partial charge in [0, 0.05) is 14.2 Å². The number of ether oxygens (including phenoxy) is 3. The number of hydrogen-bond donors (Lipinski definition) is 1. The van der Waals surface area contributed by atoms with Gasteiger partial charge in [-0.15, -0.1) is 0 Å². The molecule has 0 amide bonds. The number of esters is 1. The van der Waals surface area contributed by atoms with Crippen molar-refractivity contribution in [3.63, 3.8) is 0 Å². The van der Waals surface area contributed by atoms with Crippen LogP contribution >= 0.6 is 0 Å². The molecule has 0 heterocycles. The smallest absolute Gasteiger partial charge is 0.336 e. The van der Waals surface area contributed by atoms with E-state index in [1.165, 1.54) is 21.1 Å². The van der Waals surface area contributed by atoms with Gasteiger partial charge in [-0.2, -0.15) is 0 Å². The Hall–Kier alpha value is -0.910. The fourth-order valence-corrected chi connectivity index (χ4v) is 0.802. The summed E-state index contributed by atoms with van der Waals surface area (Å²) in [5.41, 5.74) is 0.0299. The van der Waals surface area contributed by atoms with Crippen LogP contribution in [0.4, 0.5) is 0 Å². The minimum Gasteiger partial charge on any atom is -0.459 e. The molecule has 0 aromatic heterocycles.